The van der Waals surface area contributed by atoms with Crippen LogP contribution in [-0.2, 0) is 10.2 Å². The van der Waals surface area contributed by atoms with E-state index in [1.165, 1.54) is 4.31 Å². The molecule has 0 atom stereocenters. The van der Waals surface area contributed by atoms with Crippen LogP contribution >= 0.6 is 0 Å². The summed E-state index contributed by atoms with van der Waals surface area (Å²) in [7, 11) is -3.31. The number of rotatable bonds is 6. The molecule has 6 nitrogen and oxygen atoms in total. The largest absolute Gasteiger partial charge is 0.389 e. The van der Waals surface area contributed by atoms with Gasteiger partial charge in [0.1, 0.15) is 0 Å². The van der Waals surface area contributed by atoms with Gasteiger partial charge in [-0.15, -0.1) is 0 Å². The van der Waals surface area contributed by atoms with E-state index in [-0.39, 0.29) is 0 Å². The molecule has 1 rings (SSSR count). The lowest BCUT2D eigenvalue weighted by Gasteiger charge is -2.38. The molecule has 0 aromatic rings. The molecular weight excluding hydrogens is 266 g/mol. The zero-order valence-corrected chi connectivity index (χ0v) is 13.3. The Hall–Kier alpha value is -0.210. The average Bonchev–Trinajstić information content (AvgIpc) is 2.28. The fourth-order valence-corrected chi connectivity index (χ4v) is 3.98. The molecule has 1 fully saturated rings. The second-order valence-electron chi connectivity index (χ2n) is 5.58. The van der Waals surface area contributed by atoms with Crippen molar-refractivity contribution in [3.05, 3.63) is 0 Å². The predicted molar refractivity (Wildman–Crippen MR) is 76.2 cm³/mol. The maximum absolute atomic E-state index is 12.3. The number of aliphatic hydroxyl groups is 1. The third-order valence-electron chi connectivity index (χ3n) is 3.30. The highest BCUT2D eigenvalue weighted by Crippen LogP contribution is 2.14. The molecule has 0 aliphatic carbocycles. The number of hydrogen-bond donors (Lipinski definition) is 1. The van der Waals surface area contributed by atoms with Crippen molar-refractivity contribution in [2.45, 2.75) is 33.3 Å². The number of hydrogen-bond acceptors (Lipinski definition) is 4. The van der Waals surface area contributed by atoms with Crippen LogP contribution in [0.4, 0.5) is 0 Å². The molecule has 0 saturated carbocycles. The van der Waals surface area contributed by atoms with E-state index in [1.807, 2.05) is 13.8 Å². The van der Waals surface area contributed by atoms with Gasteiger partial charge in [0.2, 0.25) is 0 Å². The van der Waals surface area contributed by atoms with Crippen LogP contribution < -0.4 is 0 Å². The summed E-state index contributed by atoms with van der Waals surface area (Å²) >= 11 is 0. The summed E-state index contributed by atoms with van der Waals surface area (Å²) in [6.07, 6.45) is 0. The molecule has 0 aromatic carbocycles. The zero-order chi connectivity index (χ0) is 14.7. The van der Waals surface area contributed by atoms with Crippen LogP contribution in [0.5, 0.6) is 0 Å². The van der Waals surface area contributed by atoms with Gasteiger partial charge in [-0.25, -0.2) is 0 Å². The monoisotopic (exact) mass is 293 g/mol. The Bertz CT molecular complexity index is 366. The number of nitrogens with zero attached hydrogens (tertiary/aromatic N) is 3. The van der Waals surface area contributed by atoms with Crippen molar-refractivity contribution < 1.29 is 13.5 Å². The third-order valence-corrected chi connectivity index (χ3v) is 5.49. The molecule has 0 unspecified atom stereocenters. The Morgan fingerprint density at radius 1 is 1.11 bits per heavy atom. The molecule has 7 heteroatoms. The van der Waals surface area contributed by atoms with Crippen LogP contribution in [0.2, 0.25) is 0 Å². The molecular formula is C12H27N3O3S. The average molecular weight is 293 g/mol. The van der Waals surface area contributed by atoms with Crippen molar-refractivity contribution in [2.75, 3.05) is 45.8 Å². The van der Waals surface area contributed by atoms with Crippen LogP contribution in [0.15, 0.2) is 0 Å². The lowest BCUT2D eigenvalue weighted by molar-refractivity contribution is 0.0258. The van der Waals surface area contributed by atoms with Gasteiger partial charge in [-0.05, 0) is 13.8 Å². The first kappa shape index (κ1) is 16.8. The predicted octanol–water partition coefficient (Wildman–Crippen LogP) is -0.0385. The van der Waals surface area contributed by atoms with Gasteiger partial charge >= 0.3 is 0 Å². The maximum atomic E-state index is 12.3. The Morgan fingerprint density at radius 2 is 1.58 bits per heavy atom. The molecule has 0 radical (unpaired) electrons. The van der Waals surface area contributed by atoms with Crippen molar-refractivity contribution in [3.8, 4) is 0 Å². The van der Waals surface area contributed by atoms with Crippen LogP contribution in [-0.4, -0.2) is 78.4 Å². The van der Waals surface area contributed by atoms with Crippen LogP contribution in [0.25, 0.3) is 0 Å². The van der Waals surface area contributed by atoms with Crippen molar-refractivity contribution in [2.24, 2.45) is 0 Å². The topological polar surface area (TPSA) is 64.1 Å². The molecule has 1 saturated heterocycles. The van der Waals surface area contributed by atoms with Crippen LogP contribution in [0, 0.1) is 0 Å². The van der Waals surface area contributed by atoms with Crippen molar-refractivity contribution in [1.82, 2.24) is 13.5 Å². The van der Waals surface area contributed by atoms with E-state index in [2.05, 4.69) is 4.90 Å². The Kier molecular flexibility index (Phi) is 5.76. The lowest BCUT2D eigenvalue weighted by atomic mass is 10.1. The molecule has 1 heterocycles. The molecule has 0 bridgehead atoms. The van der Waals surface area contributed by atoms with E-state index >= 15 is 0 Å². The minimum absolute atomic E-state index is 0.495. The van der Waals surface area contributed by atoms with E-state index < -0.39 is 15.8 Å². The Balaban J connectivity index is 2.58. The standard InChI is InChI=1S/C12H27N3O3S/c1-5-14(6-2)19(17,18)15-9-7-13(8-10-15)11-12(3,4)16/h16H,5-11H2,1-4H3. The van der Waals surface area contributed by atoms with Gasteiger partial charge in [-0.3, -0.25) is 4.90 Å². The summed E-state index contributed by atoms with van der Waals surface area (Å²) in [5.74, 6) is 0. The fourth-order valence-electron chi connectivity index (χ4n) is 2.38. The summed E-state index contributed by atoms with van der Waals surface area (Å²) in [6.45, 7) is 11.2. The van der Waals surface area contributed by atoms with Gasteiger partial charge < -0.3 is 5.11 Å². The SMILES string of the molecule is CCN(CC)S(=O)(=O)N1CCN(CC(C)(C)O)CC1. The number of piperazine rings is 1. The van der Waals surface area contributed by atoms with Gasteiger partial charge in [0, 0.05) is 45.8 Å². The smallest absolute Gasteiger partial charge is 0.282 e. The van der Waals surface area contributed by atoms with E-state index in [0.717, 1.165) is 0 Å². The van der Waals surface area contributed by atoms with E-state index in [0.29, 0.717) is 45.8 Å². The zero-order valence-electron chi connectivity index (χ0n) is 12.5. The minimum Gasteiger partial charge on any atom is -0.389 e. The summed E-state index contributed by atoms with van der Waals surface area (Å²) < 4.78 is 27.7. The molecule has 1 aliphatic heterocycles. The quantitative estimate of drug-likeness (QED) is 0.746. The normalized spacial score (nSPS) is 20.1. The fraction of sp³-hybridized carbons (Fsp3) is 1.00. The second-order valence-corrected chi connectivity index (χ2v) is 7.51. The van der Waals surface area contributed by atoms with E-state index in [9.17, 15) is 13.5 Å². The molecule has 0 spiro atoms. The first-order valence-electron chi connectivity index (χ1n) is 6.90. The summed E-state index contributed by atoms with van der Waals surface area (Å²) in [6, 6.07) is 0. The lowest BCUT2D eigenvalue weighted by Crippen LogP contribution is -2.54. The van der Waals surface area contributed by atoms with Gasteiger partial charge in [-0.1, -0.05) is 13.8 Å². The first-order valence-corrected chi connectivity index (χ1v) is 8.30. The minimum atomic E-state index is -3.31. The van der Waals surface area contributed by atoms with Gasteiger partial charge in [0.05, 0.1) is 5.60 Å². The highest BCUT2D eigenvalue weighted by atomic mass is 32.2. The van der Waals surface area contributed by atoms with Crippen molar-refractivity contribution >= 4 is 10.2 Å². The highest BCUT2D eigenvalue weighted by molar-refractivity contribution is 7.86. The van der Waals surface area contributed by atoms with Crippen LogP contribution in [0.1, 0.15) is 27.7 Å². The third kappa shape index (κ3) is 4.68. The molecule has 0 aromatic heterocycles. The molecule has 0 amide bonds. The molecule has 114 valence electrons. The molecule has 19 heavy (non-hydrogen) atoms. The van der Waals surface area contributed by atoms with Gasteiger partial charge in [0.25, 0.3) is 10.2 Å². The number of β-amino-alcohol motifs (C(OH)–C–C–N with tert-alkyl or cyclic N) is 1. The summed E-state index contributed by atoms with van der Waals surface area (Å²) in [5.41, 5.74) is -0.736. The summed E-state index contributed by atoms with van der Waals surface area (Å²) in [4.78, 5) is 2.11. The maximum Gasteiger partial charge on any atom is 0.282 e. The van der Waals surface area contributed by atoms with Crippen LogP contribution in [0.3, 0.4) is 0 Å². The second kappa shape index (κ2) is 6.49. The molecule has 1 aliphatic rings. The molecule has 1 N–H and O–H groups in total. The van der Waals surface area contributed by atoms with E-state index in [4.69, 9.17) is 0 Å². The highest BCUT2D eigenvalue weighted by Gasteiger charge is 2.31. The first-order chi connectivity index (χ1) is 8.70. The summed E-state index contributed by atoms with van der Waals surface area (Å²) in [5, 5.41) is 9.78. The Morgan fingerprint density at radius 3 is 1.95 bits per heavy atom. The Labute approximate surface area is 117 Å². The van der Waals surface area contributed by atoms with Gasteiger partial charge in [-0.2, -0.15) is 17.0 Å². The van der Waals surface area contributed by atoms with Crippen molar-refractivity contribution in [3.63, 3.8) is 0 Å². The van der Waals surface area contributed by atoms with E-state index in [1.54, 1.807) is 18.2 Å². The van der Waals surface area contributed by atoms with Crippen molar-refractivity contribution in [1.29, 1.82) is 0 Å². The van der Waals surface area contributed by atoms with Gasteiger partial charge in [0.15, 0.2) is 0 Å².